The van der Waals surface area contributed by atoms with Gasteiger partial charge in [0.15, 0.2) is 5.96 Å². The van der Waals surface area contributed by atoms with Crippen LogP contribution in [0.1, 0.15) is 196 Å². The Kier molecular flexibility index (Phi) is 23.3. The van der Waals surface area contributed by atoms with E-state index in [0.29, 0.717) is 24.7 Å². The number of hydrogen-bond donors (Lipinski definition) is 2. The highest BCUT2D eigenvalue weighted by atomic mass is 16.5. The number of rotatable bonds is 27. The summed E-state index contributed by atoms with van der Waals surface area (Å²) in [6, 6.07) is 0. The average Bonchev–Trinajstić information content (AvgIpc) is 3.21. The van der Waals surface area contributed by atoms with Crippen LogP contribution in [0.15, 0.2) is 16.6 Å². The maximum Gasteiger partial charge on any atom is 0.186 e. The maximum absolute atomic E-state index is 6.56. The molecule has 3 rings (SSSR count). The number of guanidine groups is 1. The third-order valence-electron chi connectivity index (χ3n) is 13.8. The summed E-state index contributed by atoms with van der Waals surface area (Å²) in [5.74, 6) is 5.40. The van der Waals surface area contributed by atoms with Crippen molar-refractivity contribution in [3.8, 4) is 0 Å². The van der Waals surface area contributed by atoms with Gasteiger partial charge in [0.25, 0.3) is 0 Å². The highest BCUT2D eigenvalue weighted by Gasteiger charge is 2.47. The Balaban J connectivity index is 1.27. The SMILES string of the molecule is CCCCCCCCOC[C@@H](CN=C(N)N)OCCCCCCCCO[C@H]1CC[C@@]2(C)C(=CC[C@H]3CCC[C@H]([C@H](C)CCCC(C)C)C(C)CC[C@@H]32)C1. The molecule has 6 heteroatoms. The van der Waals surface area contributed by atoms with Gasteiger partial charge in [0.05, 0.1) is 19.3 Å². The van der Waals surface area contributed by atoms with E-state index < -0.39 is 0 Å². The van der Waals surface area contributed by atoms with Gasteiger partial charge in [-0.25, -0.2) is 0 Å². The van der Waals surface area contributed by atoms with Crippen molar-refractivity contribution in [3.63, 3.8) is 0 Å². The molecule has 0 heterocycles. The summed E-state index contributed by atoms with van der Waals surface area (Å²) in [6.07, 6.45) is 34.4. The number of fused-ring (bicyclic) bond motifs is 3. The van der Waals surface area contributed by atoms with Crippen molar-refractivity contribution >= 4 is 5.96 Å². The summed E-state index contributed by atoms with van der Waals surface area (Å²) in [5, 5.41) is 0. The first-order chi connectivity index (χ1) is 25.6. The summed E-state index contributed by atoms with van der Waals surface area (Å²) in [6.45, 7) is 18.3. The monoisotopic (exact) mass is 744 g/mol. The lowest BCUT2D eigenvalue weighted by molar-refractivity contribution is -0.0134. The smallest absolute Gasteiger partial charge is 0.186 e. The van der Waals surface area contributed by atoms with Crippen LogP contribution in [0.4, 0.5) is 0 Å². The molecule has 3 aliphatic rings. The van der Waals surface area contributed by atoms with Gasteiger partial charge >= 0.3 is 0 Å². The number of hydrogen-bond acceptors (Lipinski definition) is 4. The molecule has 0 amide bonds. The molecule has 6 nitrogen and oxygen atoms in total. The molecule has 0 bridgehead atoms. The quantitative estimate of drug-likeness (QED) is 0.0378. The molecule has 2 saturated carbocycles. The normalized spacial score (nSPS) is 27.5. The Morgan fingerprint density at radius 2 is 1.53 bits per heavy atom. The zero-order valence-corrected chi connectivity index (χ0v) is 36.0. The van der Waals surface area contributed by atoms with Crippen LogP contribution in [0.2, 0.25) is 0 Å². The van der Waals surface area contributed by atoms with Crippen molar-refractivity contribution in [3.05, 3.63) is 11.6 Å². The standard InChI is InChI=1S/C47H89N3O3/c1-7-8-9-10-13-16-31-51-36-43(35-50-46(48)49)53-33-18-15-12-11-14-17-32-52-42-29-30-47(6)41(34-42)27-26-40-23-20-24-44(39(5)25-28-45(40)47)38(4)22-19-21-37(2)3/h27,37-40,42-45H,7-26,28-36H2,1-6H3,(H4,48,49,50)/t38-,39?,40-,42+,43-,44-,45+,47+/m1/s1. The summed E-state index contributed by atoms with van der Waals surface area (Å²) >= 11 is 0. The van der Waals surface area contributed by atoms with Gasteiger partial charge in [0.1, 0.15) is 6.10 Å². The lowest BCUT2D eigenvalue weighted by Crippen LogP contribution is -2.42. The summed E-state index contributed by atoms with van der Waals surface area (Å²) < 4.78 is 18.6. The molecule has 310 valence electrons. The van der Waals surface area contributed by atoms with Gasteiger partial charge in [-0.15, -0.1) is 0 Å². The lowest BCUT2D eigenvalue weighted by Gasteiger charge is -2.51. The molecule has 8 atom stereocenters. The number of nitrogens with zero attached hydrogens (tertiary/aromatic N) is 1. The highest BCUT2D eigenvalue weighted by molar-refractivity contribution is 5.75. The second kappa shape index (κ2) is 26.7. The average molecular weight is 744 g/mol. The Morgan fingerprint density at radius 3 is 2.25 bits per heavy atom. The molecule has 0 aliphatic heterocycles. The number of nitrogens with two attached hydrogens (primary N) is 2. The first-order valence-electron chi connectivity index (χ1n) is 23.2. The molecule has 2 fully saturated rings. The second-order valence-electron chi connectivity index (χ2n) is 18.7. The van der Waals surface area contributed by atoms with Gasteiger partial charge in [-0.1, -0.05) is 143 Å². The highest BCUT2D eigenvalue weighted by Crippen LogP contribution is 2.56. The van der Waals surface area contributed by atoms with Crippen LogP contribution in [0.5, 0.6) is 0 Å². The maximum atomic E-state index is 6.56. The predicted octanol–water partition coefficient (Wildman–Crippen LogP) is 12.2. The molecule has 0 radical (unpaired) electrons. The second-order valence-corrected chi connectivity index (χ2v) is 18.7. The van der Waals surface area contributed by atoms with E-state index in [9.17, 15) is 0 Å². The lowest BCUT2D eigenvalue weighted by atomic mass is 9.55. The van der Waals surface area contributed by atoms with Crippen molar-refractivity contribution in [2.24, 2.45) is 57.4 Å². The van der Waals surface area contributed by atoms with Gasteiger partial charge in [0.2, 0.25) is 0 Å². The van der Waals surface area contributed by atoms with Crippen molar-refractivity contribution in [2.45, 2.75) is 208 Å². The van der Waals surface area contributed by atoms with E-state index in [1.807, 2.05) is 0 Å². The van der Waals surface area contributed by atoms with Crippen LogP contribution < -0.4 is 11.5 Å². The topological polar surface area (TPSA) is 92.1 Å². The van der Waals surface area contributed by atoms with E-state index in [0.717, 1.165) is 68.2 Å². The molecule has 0 saturated heterocycles. The van der Waals surface area contributed by atoms with Crippen molar-refractivity contribution in [1.29, 1.82) is 0 Å². The third-order valence-corrected chi connectivity index (χ3v) is 13.8. The van der Waals surface area contributed by atoms with E-state index >= 15 is 0 Å². The van der Waals surface area contributed by atoms with Gasteiger partial charge in [-0.2, -0.15) is 0 Å². The van der Waals surface area contributed by atoms with Gasteiger partial charge in [0, 0.05) is 19.8 Å². The van der Waals surface area contributed by atoms with Gasteiger partial charge in [-0.05, 0) is 105 Å². The Hall–Kier alpha value is -1.11. The van der Waals surface area contributed by atoms with Crippen LogP contribution in [0.25, 0.3) is 0 Å². The Morgan fingerprint density at radius 1 is 0.830 bits per heavy atom. The molecule has 0 aromatic carbocycles. The summed E-state index contributed by atoms with van der Waals surface area (Å²) in [7, 11) is 0. The van der Waals surface area contributed by atoms with Crippen molar-refractivity contribution in [1.82, 2.24) is 0 Å². The van der Waals surface area contributed by atoms with Crippen molar-refractivity contribution < 1.29 is 14.2 Å². The fraction of sp³-hybridized carbons (Fsp3) is 0.936. The molecule has 0 aromatic rings. The molecule has 1 unspecified atom stereocenters. The molecule has 3 aliphatic carbocycles. The van der Waals surface area contributed by atoms with E-state index in [1.54, 1.807) is 5.57 Å². The van der Waals surface area contributed by atoms with Gasteiger partial charge < -0.3 is 25.7 Å². The fourth-order valence-electron chi connectivity index (χ4n) is 10.4. The molecular formula is C47H89N3O3. The van der Waals surface area contributed by atoms with Crippen LogP contribution in [-0.4, -0.2) is 51.1 Å². The fourth-order valence-corrected chi connectivity index (χ4v) is 10.4. The number of ether oxygens (including phenoxy) is 3. The van der Waals surface area contributed by atoms with E-state index in [4.69, 9.17) is 25.7 Å². The number of unbranched alkanes of at least 4 members (excludes halogenated alkanes) is 10. The van der Waals surface area contributed by atoms with Crippen LogP contribution in [0.3, 0.4) is 0 Å². The van der Waals surface area contributed by atoms with E-state index in [-0.39, 0.29) is 12.1 Å². The molecule has 0 aromatic heterocycles. The summed E-state index contributed by atoms with van der Waals surface area (Å²) in [5.41, 5.74) is 13.3. The summed E-state index contributed by atoms with van der Waals surface area (Å²) in [4.78, 5) is 4.19. The molecule has 0 spiro atoms. The Labute approximate surface area is 329 Å². The van der Waals surface area contributed by atoms with Crippen LogP contribution >= 0.6 is 0 Å². The molecule has 4 N–H and O–H groups in total. The predicted molar refractivity (Wildman–Crippen MR) is 227 cm³/mol. The van der Waals surface area contributed by atoms with E-state index in [1.165, 1.54) is 141 Å². The first kappa shape index (κ1) is 46.3. The van der Waals surface area contributed by atoms with Crippen LogP contribution in [-0.2, 0) is 14.2 Å². The molecular weight excluding hydrogens is 655 g/mol. The third kappa shape index (κ3) is 17.7. The Bertz CT molecular complexity index is 996. The van der Waals surface area contributed by atoms with Crippen molar-refractivity contribution in [2.75, 3.05) is 33.0 Å². The minimum atomic E-state index is -0.0754. The zero-order chi connectivity index (χ0) is 38.3. The van der Waals surface area contributed by atoms with E-state index in [2.05, 4.69) is 52.6 Å². The number of allylic oxidation sites excluding steroid dienone is 1. The van der Waals surface area contributed by atoms with Gasteiger partial charge in [-0.3, -0.25) is 4.99 Å². The first-order valence-corrected chi connectivity index (χ1v) is 23.2. The largest absolute Gasteiger partial charge is 0.379 e. The minimum Gasteiger partial charge on any atom is -0.379 e. The zero-order valence-electron chi connectivity index (χ0n) is 36.0. The van der Waals surface area contributed by atoms with Crippen LogP contribution in [0, 0.1) is 40.9 Å². The molecule has 53 heavy (non-hydrogen) atoms. The number of aliphatic imine (C=N–C) groups is 1. The minimum absolute atomic E-state index is 0.0754.